The normalized spacial score (nSPS) is 11.2. The molecule has 18 heavy (non-hydrogen) atoms. The fourth-order valence-corrected chi connectivity index (χ4v) is 3.03. The highest BCUT2D eigenvalue weighted by Crippen LogP contribution is 2.17. The monoisotopic (exact) mass is 264 g/mol. The molecule has 0 unspecified atom stereocenters. The zero-order valence-corrected chi connectivity index (χ0v) is 11.4. The minimum Gasteiger partial charge on any atom is -0.207 e. The Balaban J connectivity index is 3.11. The van der Waals surface area contributed by atoms with E-state index in [1.165, 1.54) is 28.6 Å². The fraction of sp³-hybridized carbons (Fsp3) is 0.308. The maximum atomic E-state index is 12.3. The van der Waals surface area contributed by atoms with Gasteiger partial charge in [0.2, 0.25) is 10.0 Å². The standard InChI is InChI=1S/C13H16N2O2S/c1-4-15(10-11(2)3)18(16,17)13-7-5-12(9-14)6-8-13/h5-8H,2,4,10H2,1,3H3. The van der Waals surface area contributed by atoms with Crippen LogP contribution >= 0.6 is 0 Å². The van der Waals surface area contributed by atoms with E-state index in [-0.39, 0.29) is 4.90 Å². The van der Waals surface area contributed by atoms with Crippen LogP contribution < -0.4 is 0 Å². The molecular formula is C13H16N2O2S. The molecule has 0 aliphatic heterocycles. The third kappa shape index (κ3) is 3.19. The van der Waals surface area contributed by atoms with Gasteiger partial charge in [0, 0.05) is 13.1 Å². The average molecular weight is 264 g/mol. The summed E-state index contributed by atoms with van der Waals surface area (Å²) in [6.45, 7) is 7.99. The van der Waals surface area contributed by atoms with E-state index < -0.39 is 10.0 Å². The van der Waals surface area contributed by atoms with Crippen molar-refractivity contribution in [3.63, 3.8) is 0 Å². The highest BCUT2D eigenvalue weighted by Gasteiger charge is 2.22. The maximum absolute atomic E-state index is 12.3. The molecule has 0 aromatic heterocycles. The number of hydrogen-bond donors (Lipinski definition) is 0. The lowest BCUT2D eigenvalue weighted by atomic mass is 10.2. The van der Waals surface area contributed by atoms with Gasteiger partial charge >= 0.3 is 0 Å². The van der Waals surface area contributed by atoms with Gasteiger partial charge in [-0.05, 0) is 31.2 Å². The molecule has 1 rings (SSSR count). The molecule has 5 heteroatoms. The Labute approximate surface area is 108 Å². The van der Waals surface area contributed by atoms with Gasteiger partial charge < -0.3 is 0 Å². The predicted molar refractivity (Wildman–Crippen MR) is 70.4 cm³/mol. The molecule has 0 aliphatic carbocycles. The Kier molecular flexibility index (Phi) is 4.65. The molecule has 4 nitrogen and oxygen atoms in total. The van der Waals surface area contributed by atoms with Gasteiger partial charge in [-0.25, -0.2) is 8.42 Å². The Bertz CT molecular complexity index is 568. The molecule has 0 amide bonds. The summed E-state index contributed by atoms with van der Waals surface area (Å²) in [4.78, 5) is 0.199. The fourth-order valence-electron chi connectivity index (χ4n) is 1.52. The molecule has 0 spiro atoms. The van der Waals surface area contributed by atoms with Gasteiger partial charge in [-0.2, -0.15) is 9.57 Å². The second kappa shape index (κ2) is 5.80. The largest absolute Gasteiger partial charge is 0.243 e. The van der Waals surface area contributed by atoms with Crippen LogP contribution in [0.1, 0.15) is 19.4 Å². The van der Waals surface area contributed by atoms with Crippen molar-refractivity contribution < 1.29 is 8.42 Å². The van der Waals surface area contributed by atoms with E-state index >= 15 is 0 Å². The van der Waals surface area contributed by atoms with Crippen molar-refractivity contribution in [2.45, 2.75) is 18.7 Å². The predicted octanol–water partition coefficient (Wildman–Crippen LogP) is 2.14. The van der Waals surface area contributed by atoms with Gasteiger partial charge in [0.25, 0.3) is 0 Å². The Morgan fingerprint density at radius 1 is 1.39 bits per heavy atom. The van der Waals surface area contributed by atoms with Crippen molar-refractivity contribution in [3.8, 4) is 6.07 Å². The molecule has 0 bridgehead atoms. The first-order valence-electron chi connectivity index (χ1n) is 5.56. The van der Waals surface area contributed by atoms with Crippen molar-refractivity contribution in [2.75, 3.05) is 13.1 Å². The summed E-state index contributed by atoms with van der Waals surface area (Å²) in [6.07, 6.45) is 0. The van der Waals surface area contributed by atoms with E-state index in [0.717, 1.165) is 5.57 Å². The third-order valence-electron chi connectivity index (χ3n) is 2.42. The van der Waals surface area contributed by atoms with Gasteiger partial charge in [0.15, 0.2) is 0 Å². The lowest BCUT2D eigenvalue weighted by Gasteiger charge is -2.20. The molecule has 0 N–H and O–H groups in total. The Hall–Kier alpha value is -1.64. The van der Waals surface area contributed by atoms with Gasteiger partial charge in [-0.3, -0.25) is 0 Å². The van der Waals surface area contributed by atoms with Crippen LogP contribution in [0.3, 0.4) is 0 Å². The average Bonchev–Trinajstić information content (AvgIpc) is 2.35. The summed E-state index contributed by atoms with van der Waals surface area (Å²) in [5.41, 5.74) is 1.23. The van der Waals surface area contributed by atoms with Crippen LogP contribution in [-0.4, -0.2) is 25.8 Å². The number of rotatable bonds is 5. The van der Waals surface area contributed by atoms with Crippen LogP contribution in [0, 0.1) is 11.3 Å². The molecule has 1 aromatic rings. The van der Waals surface area contributed by atoms with Gasteiger partial charge in [-0.1, -0.05) is 19.1 Å². The molecule has 0 saturated heterocycles. The van der Waals surface area contributed by atoms with Crippen LogP contribution in [0.5, 0.6) is 0 Å². The highest BCUT2D eigenvalue weighted by atomic mass is 32.2. The molecule has 1 aromatic carbocycles. The van der Waals surface area contributed by atoms with Crippen LogP contribution in [-0.2, 0) is 10.0 Å². The van der Waals surface area contributed by atoms with Gasteiger partial charge in [0.1, 0.15) is 0 Å². The first-order valence-corrected chi connectivity index (χ1v) is 7.00. The zero-order valence-electron chi connectivity index (χ0n) is 10.5. The van der Waals surface area contributed by atoms with E-state index in [1.54, 1.807) is 13.8 Å². The summed E-state index contributed by atoms with van der Waals surface area (Å²) < 4.78 is 26.0. The first kappa shape index (κ1) is 14.4. The van der Waals surface area contributed by atoms with Crippen LogP contribution in [0.4, 0.5) is 0 Å². The third-order valence-corrected chi connectivity index (χ3v) is 4.36. The molecule has 0 radical (unpaired) electrons. The quantitative estimate of drug-likeness (QED) is 0.765. The topological polar surface area (TPSA) is 61.2 Å². The van der Waals surface area contributed by atoms with E-state index in [0.29, 0.717) is 18.7 Å². The second-order valence-corrected chi connectivity index (χ2v) is 5.96. The number of benzene rings is 1. The second-order valence-electron chi connectivity index (χ2n) is 4.02. The number of hydrogen-bond acceptors (Lipinski definition) is 3. The summed E-state index contributed by atoms with van der Waals surface area (Å²) in [7, 11) is -3.51. The van der Waals surface area contributed by atoms with Crippen molar-refractivity contribution in [1.82, 2.24) is 4.31 Å². The van der Waals surface area contributed by atoms with Crippen molar-refractivity contribution in [2.24, 2.45) is 0 Å². The molecule has 0 saturated carbocycles. The summed E-state index contributed by atoms with van der Waals surface area (Å²) in [5.74, 6) is 0. The lowest BCUT2D eigenvalue weighted by Crippen LogP contribution is -2.32. The smallest absolute Gasteiger partial charge is 0.207 e. The van der Waals surface area contributed by atoms with E-state index in [4.69, 9.17) is 5.26 Å². The van der Waals surface area contributed by atoms with Crippen molar-refractivity contribution in [3.05, 3.63) is 42.0 Å². The molecule has 0 heterocycles. The highest BCUT2D eigenvalue weighted by molar-refractivity contribution is 7.89. The van der Waals surface area contributed by atoms with Gasteiger partial charge in [-0.15, -0.1) is 0 Å². The van der Waals surface area contributed by atoms with E-state index in [1.807, 2.05) is 6.07 Å². The number of nitrogens with zero attached hydrogens (tertiary/aromatic N) is 2. The number of sulfonamides is 1. The molecular weight excluding hydrogens is 248 g/mol. The molecule has 0 aliphatic rings. The van der Waals surface area contributed by atoms with Crippen LogP contribution in [0.15, 0.2) is 41.3 Å². The zero-order chi connectivity index (χ0) is 13.8. The SMILES string of the molecule is C=C(C)CN(CC)S(=O)(=O)c1ccc(C#N)cc1. The molecule has 0 atom stereocenters. The van der Waals surface area contributed by atoms with Crippen molar-refractivity contribution >= 4 is 10.0 Å². The first-order chi connectivity index (χ1) is 8.41. The molecule has 96 valence electrons. The molecule has 0 fully saturated rings. The van der Waals surface area contributed by atoms with E-state index in [9.17, 15) is 8.42 Å². The minimum atomic E-state index is -3.51. The summed E-state index contributed by atoms with van der Waals surface area (Å²) >= 11 is 0. The van der Waals surface area contributed by atoms with Crippen LogP contribution in [0.25, 0.3) is 0 Å². The van der Waals surface area contributed by atoms with Gasteiger partial charge in [0.05, 0.1) is 16.5 Å². The summed E-state index contributed by atoms with van der Waals surface area (Å²) in [5, 5.41) is 8.68. The van der Waals surface area contributed by atoms with E-state index in [2.05, 4.69) is 6.58 Å². The minimum absolute atomic E-state index is 0.199. The van der Waals surface area contributed by atoms with Crippen LogP contribution in [0.2, 0.25) is 0 Å². The summed E-state index contributed by atoms with van der Waals surface area (Å²) in [6, 6.07) is 7.87. The lowest BCUT2D eigenvalue weighted by molar-refractivity contribution is 0.453. The maximum Gasteiger partial charge on any atom is 0.243 e. The number of nitriles is 1. The Morgan fingerprint density at radius 2 is 1.94 bits per heavy atom. The van der Waals surface area contributed by atoms with Crippen molar-refractivity contribution in [1.29, 1.82) is 5.26 Å². The number of likely N-dealkylation sites (N-methyl/N-ethyl adjacent to an activating group) is 1. The Morgan fingerprint density at radius 3 is 2.33 bits per heavy atom.